The number of para-hydroxylation sites is 1. The van der Waals surface area contributed by atoms with Crippen LogP contribution in [0.1, 0.15) is 12.0 Å². The van der Waals surface area contributed by atoms with Crippen molar-refractivity contribution in [3.05, 3.63) is 54.1 Å². The van der Waals surface area contributed by atoms with E-state index >= 15 is 0 Å². The van der Waals surface area contributed by atoms with E-state index in [1.54, 1.807) is 0 Å². The third-order valence-electron chi connectivity index (χ3n) is 5.87. The third kappa shape index (κ3) is 4.59. The molecule has 2 aliphatic rings. The maximum atomic E-state index is 12.5. The molecule has 2 N–H and O–H groups in total. The second-order valence-electron chi connectivity index (χ2n) is 8.08. The van der Waals surface area contributed by atoms with Crippen LogP contribution >= 0.6 is 0 Å². The Balaban J connectivity index is 1.29. The number of hydrogen-bond acceptors (Lipinski definition) is 4. The molecular formula is C23H28N4O2. The van der Waals surface area contributed by atoms with Crippen LogP contribution in [-0.4, -0.2) is 49.9 Å². The molecule has 1 saturated carbocycles. The molecule has 2 unspecified atom stereocenters. The topological polar surface area (TPSA) is 64.7 Å². The van der Waals surface area contributed by atoms with E-state index in [1.807, 2.05) is 43.3 Å². The Morgan fingerprint density at radius 1 is 0.862 bits per heavy atom. The van der Waals surface area contributed by atoms with E-state index in [9.17, 15) is 9.59 Å². The summed E-state index contributed by atoms with van der Waals surface area (Å²) in [5.74, 6) is -0.664. The molecule has 2 atom stereocenters. The molecule has 0 spiro atoms. The molecule has 1 aliphatic heterocycles. The Morgan fingerprint density at radius 2 is 1.48 bits per heavy atom. The number of carbonyl (C=O) groups is 2. The molecule has 6 heteroatoms. The Kier molecular flexibility index (Phi) is 5.53. The molecule has 2 fully saturated rings. The van der Waals surface area contributed by atoms with Crippen molar-refractivity contribution in [2.75, 3.05) is 48.8 Å². The number of aryl methyl sites for hydroxylation is 1. The van der Waals surface area contributed by atoms with Gasteiger partial charge in [-0.05, 0) is 56.3 Å². The van der Waals surface area contributed by atoms with E-state index in [2.05, 4.69) is 39.6 Å². The molecule has 6 nitrogen and oxygen atoms in total. The van der Waals surface area contributed by atoms with Crippen molar-refractivity contribution in [3.63, 3.8) is 0 Å². The molecule has 2 aromatic rings. The summed E-state index contributed by atoms with van der Waals surface area (Å²) in [5, 5.41) is 5.90. The van der Waals surface area contributed by atoms with Gasteiger partial charge in [0.1, 0.15) is 0 Å². The van der Waals surface area contributed by atoms with Crippen LogP contribution in [0.3, 0.4) is 0 Å². The molecule has 1 aliphatic carbocycles. The van der Waals surface area contributed by atoms with Crippen molar-refractivity contribution in [2.45, 2.75) is 13.3 Å². The van der Waals surface area contributed by atoms with Gasteiger partial charge in [-0.15, -0.1) is 0 Å². The van der Waals surface area contributed by atoms with Gasteiger partial charge < -0.3 is 20.4 Å². The van der Waals surface area contributed by atoms with E-state index in [0.717, 1.165) is 43.1 Å². The van der Waals surface area contributed by atoms with E-state index in [1.165, 1.54) is 5.69 Å². The summed E-state index contributed by atoms with van der Waals surface area (Å²) in [6, 6.07) is 15.7. The van der Waals surface area contributed by atoms with Gasteiger partial charge in [-0.1, -0.05) is 18.2 Å². The summed E-state index contributed by atoms with van der Waals surface area (Å²) < 4.78 is 0. The quantitative estimate of drug-likeness (QED) is 0.821. The predicted octanol–water partition coefficient (Wildman–Crippen LogP) is 2.96. The summed E-state index contributed by atoms with van der Waals surface area (Å²) in [6.45, 7) is 6.11. The highest BCUT2D eigenvalue weighted by Gasteiger charge is 2.48. The molecule has 1 heterocycles. The van der Waals surface area contributed by atoms with Crippen LogP contribution in [0.2, 0.25) is 0 Å². The zero-order chi connectivity index (χ0) is 20.4. The first-order valence-electron chi connectivity index (χ1n) is 10.2. The zero-order valence-electron chi connectivity index (χ0n) is 17.0. The number of benzene rings is 2. The van der Waals surface area contributed by atoms with Crippen LogP contribution in [0.15, 0.2) is 48.5 Å². The van der Waals surface area contributed by atoms with Crippen molar-refractivity contribution in [3.8, 4) is 0 Å². The van der Waals surface area contributed by atoms with Gasteiger partial charge in [0.15, 0.2) is 0 Å². The van der Waals surface area contributed by atoms with Gasteiger partial charge in [0.05, 0.1) is 11.8 Å². The van der Waals surface area contributed by atoms with E-state index in [-0.39, 0.29) is 23.7 Å². The van der Waals surface area contributed by atoms with Crippen LogP contribution in [-0.2, 0) is 9.59 Å². The second-order valence-corrected chi connectivity index (χ2v) is 8.08. The maximum absolute atomic E-state index is 12.5. The lowest BCUT2D eigenvalue weighted by Crippen LogP contribution is -2.44. The van der Waals surface area contributed by atoms with Crippen molar-refractivity contribution >= 4 is 28.9 Å². The molecule has 1 saturated heterocycles. The Hall–Kier alpha value is -2.86. The standard InChI is InChI=1S/C23H28N4O2/c1-16-5-3-4-6-21(16)25-23(29)20-15-19(20)22(28)24-17-7-9-18(10-8-17)27-13-11-26(2)12-14-27/h3-10,19-20H,11-15H2,1-2H3,(H,24,28)(H,25,29). The van der Waals surface area contributed by atoms with Crippen LogP contribution in [0.25, 0.3) is 0 Å². The number of nitrogens with one attached hydrogen (secondary N) is 2. The fourth-order valence-corrected chi connectivity index (χ4v) is 3.77. The van der Waals surface area contributed by atoms with Crippen LogP contribution in [0.5, 0.6) is 0 Å². The lowest BCUT2D eigenvalue weighted by atomic mass is 10.2. The normalized spacial score (nSPS) is 21.5. The summed E-state index contributed by atoms with van der Waals surface area (Å²) in [7, 11) is 2.14. The average Bonchev–Trinajstić information content (AvgIpc) is 3.52. The first kappa shape index (κ1) is 19.5. The molecular weight excluding hydrogens is 364 g/mol. The summed E-state index contributed by atoms with van der Waals surface area (Å²) >= 11 is 0. The number of amides is 2. The number of nitrogens with zero attached hydrogens (tertiary/aromatic N) is 2. The van der Waals surface area contributed by atoms with Crippen LogP contribution < -0.4 is 15.5 Å². The SMILES string of the molecule is Cc1ccccc1NC(=O)C1CC1C(=O)Nc1ccc(N2CCN(C)CC2)cc1. The molecule has 2 amide bonds. The van der Waals surface area contributed by atoms with Crippen molar-refractivity contribution in [1.29, 1.82) is 0 Å². The van der Waals surface area contributed by atoms with Crippen LogP contribution in [0.4, 0.5) is 17.1 Å². The summed E-state index contributed by atoms with van der Waals surface area (Å²) in [5.41, 5.74) is 3.78. The highest BCUT2D eigenvalue weighted by Crippen LogP contribution is 2.40. The molecule has 2 aromatic carbocycles. The van der Waals surface area contributed by atoms with Gasteiger partial charge in [0.25, 0.3) is 0 Å². The smallest absolute Gasteiger partial charge is 0.228 e. The monoisotopic (exact) mass is 392 g/mol. The van der Waals surface area contributed by atoms with E-state index in [0.29, 0.717) is 6.42 Å². The summed E-state index contributed by atoms with van der Waals surface area (Å²) in [6.07, 6.45) is 0.600. The number of rotatable bonds is 5. The first-order valence-corrected chi connectivity index (χ1v) is 10.2. The van der Waals surface area contributed by atoms with Gasteiger partial charge >= 0.3 is 0 Å². The Labute approximate surface area is 171 Å². The van der Waals surface area contributed by atoms with Gasteiger partial charge in [0.2, 0.25) is 11.8 Å². The van der Waals surface area contributed by atoms with Crippen molar-refractivity contribution in [2.24, 2.45) is 11.8 Å². The second kappa shape index (κ2) is 8.25. The highest BCUT2D eigenvalue weighted by molar-refractivity contribution is 6.03. The minimum atomic E-state index is -0.253. The van der Waals surface area contributed by atoms with Gasteiger partial charge in [-0.3, -0.25) is 9.59 Å². The molecule has 152 valence electrons. The van der Waals surface area contributed by atoms with Gasteiger partial charge in [-0.25, -0.2) is 0 Å². The van der Waals surface area contributed by atoms with E-state index < -0.39 is 0 Å². The maximum Gasteiger partial charge on any atom is 0.228 e. The minimum Gasteiger partial charge on any atom is -0.369 e. The number of likely N-dealkylation sites (N-methyl/N-ethyl adjacent to an activating group) is 1. The highest BCUT2D eigenvalue weighted by atomic mass is 16.2. The number of anilines is 3. The van der Waals surface area contributed by atoms with Crippen molar-refractivity contribution < 1.29 is 9.59 Å². The molecule has 0 radical (unpaired) electrons. The largest absolute Gasteiger partial charge is 0.369 e. The van der Waals surface area contributed by atoms with E-state index in [4.69, 9.17) is 0 Å². The molecule has 0 bridgehead atoms. The summed E-state index contributed by atoms with van der Waals surface area (Å²) in [4.78, 5) is 29.6. The lowest BCUT2D eigenvalue weighted by molar-refractivity contribution is -0.122. The fraction of sp³-hybridized carbons (Fsp3) is 0.391. The van der Waals surface area contributed by atoms with Crippen molar-refractivity contribution in [1.82, 2.24) is 4.90 Å². The zero-order valence-corrected chi connectivity index (χ0v) is 17.0. The minimum absolute atomic E-state index is 0.0788. The number of carbonyl (C=O) groups excluding carboxylic acids is 2. The molecule has 29 heavy (non-hydrogen) atoms. The first-order chi connectivity index (χ1) is 14.0. The predicted molar refractivity (Wildman–Crippen MR) is 116 cm³/mol. The average molecular weight is 393 g/mol. The lowest BCUT2D eigenvalue weighted by Gasteiger charge is -2.34. The van der Waals surface area contributed by atoms with Crippen LogP contribution in [0, 0.1) is 18.8 Å². The Morgan fingerprint density at radius 3 is 2.14 bits per heavy atom. The fourth-order valence-electron chi connectivity index (χ4n) is 3.77. The molecule has 0 aromatic heterocycles. The van der Waals surface area contributed by atoms with Gasteiger partial charge in [-0.2, -0.15) is 0 Å². The van der Waals surface area contributed by atoms with Gasteiger partial charge in [0, 0.05) is 43.2 Å². The molecule has 4 rings (SSSR count). The third-order valence-corrected chi connectivity index (χ3v) is 5.87. The number of hydrogen-bond donors (Lipinski definition) is 2. The number of piperazine rings is 1. The Bertz CT molecular complexity index is 888.